The van der Waals surface area contributed by atoms with Crippen molar-refractivity contribution in [2.24, 2.45) is 5.92 Å². The fraction of sp³-hybridized carbons (Fsp3) is 0.429. The van der Waals surface area contributed by atoms with Crippen LogP contribution in [0.25, 0.3) is 11.1 Å². The Morgan fingerprint density at radius 2 is 1.68 bits per heavy atom. The molecule has 0 N–H and O–H groups in total. The van der Waals surface area contributed by atoms with E-state index in [0.29, 0.717) is 17.9 Å². The zero-order valence-corrected chi connectivity index (χ0v) is 14.8. The van der Waals surface area contributed by atoms with E-state index in [1.807, 2.05) is 0 Å². The van der Waals surface area contributed by atoms with Gasteiger partial charge in [-0.3, -0.25) is 0 Å². The molecule has 1 nitrogen and oxygen atoms in total. The molecule has 0 aliphatic rings. The van der Waals surface area contributed by atoms with Crippen molar-refractivity contribution in [2.45, 2.75) is 46.0 Å². The Bertz CT molecular complexity index is 685. The number of halogens is 3. The molecule has 2 aromatic carbocycles. The summed E-state index contributed by atoms with van der Waals surface area (Å²) in [6, 6.07) is 7.81. The predicted octanol–water partition coefficient (Wildman–Crippen LogP) is 6.76. The molecule has 1 atom stereocenters. The molecule has 0 saturated carbocycles. The van der Waals surface area contributed by atoms with E-state index in [1.165, 1.54) is 37.5 Å². The lowest BCUT2D eigenvalue weighted by Gasteiger charge is -2.11. The standard InChI is InChI=1S/C21H25F3O/c1-3-6-15(2)7-4-5-12-25-17-9-10-18(20(23)14-17)16-8-11-19(22)21(24)13-16/h8-11,13-15H,3-7,12H2,1-2H3. The van der Waals surface area contributed by atoms with E-state index < -0.39 is 17.5 Å². The molecule has 2 rings (SSSR count). The third-order valence-corrected chi connectivity index (χ3v) is 4.31. The van der Waals surface area contributed by atoms with Gasteiger partial charge in [-0.2, -0.15) is 0 Å². The van der Waals surface area contributed by atoms with E-state index >= 15 is 0 Å². The molecule has 0 aliphatic carbocycles. The Hall–Kier alpha value is -1.97. The van der Waals surface area contributed by atoms with Crippen molar-refractivity contribution in [3.8, 4) is 16.9 Å². The van der Waals surface area contributed by atoms with Crippen molar-refractivity contribution in [3.05, 3.63) is 53.8 Å². The van der Waals surface area contributed by atoms with Gasteiger partial charge in [-0.25, -0.2) is 13.2 Å². The van der Waals surface area contributed by atoms with Crippen LogP contribution in [0.2, 0.25) is 0 Å². The molecule has 0 bridgehead atoms. The summed E-state index contributed by atoms with van der Waals surface area (Å²) in [7, 11) is 0. The summed E-state index contributed by atoms with van der Waals surface area (Å²) >= 11 is 0. The van der Waals surface area contributed by atoms with Crippen LogP contribution in [0.4, 0.5) is 13.2 Å². The van der Waals surface area contributed by atoms with Gasteiger partial charge in [0.1, 0.15) is 11.6 Å². The highest BCUT2D eigenvalue weighted by atomic mass is 19.2. The largest absolute Gasteiger partial charge is 0.493 e. The average molecular weight is 350 g/mol. The SMILES string of the molecule is CCCC(C)CCCCOc1ccc(-c2ccc(F)c(F)c2)c(F)c1. The van der Waals surface area contributed by atoms with Crippen molar-refractivity contribution in [2.75, 3.05) is 6.61 Å². The van der Waals surface area contributed by atoms with Crippen LogP contribution in [-0.2, 0) is 0 Å². The van der Waals surface area contributed by atoms with Crippen molar-refractivity contribution in [1.29, 1.82) is 0 Å². The van der Waals surface area contributed by atoms with Crippen LogP contribution in [0.3, 0.4) is 0 Å². The second-order valence-corrected chi connectivity index (χ2v) is 6.51. The lowest BCUT2D eigenvalue weighted by Crippen LogP contribution is -2.00. The first-order valence-corrected chi connectivity index (χ1v) is 8.89. The highest BCUT2D eigenvalue weighted by Crippen LogP contribution is 2.27. The number of hydrogen-bond acceptors (Lipinski definition) is 1. The molecule has 0 spiro atoms. The summed E-state index contributed by atoms with van der Waals surface area (Å²) < 4.78 is 46.1. The second-order valence-electron chi connectivity index (χ2n) is 6.51. The zero-order valence-electron chi connectivity index (χ0n) is 14.8. The molecule has 0 heterocycles. The van der Waals surface area contributed by atoms with Gasteiger partial charge >= 0.3 is 0 Å². The molecule has 0 aliphatic heterocycles. The third-order valence-electron chi connectivity index (χ3n) is 4.31. The molecule has 0 radical (unpaired) electrons. The van der Waals surface area contributed by atoms with Gasteiger partial charge in [0.2, 0.25) is 0 Å². The maximum Gasteiger partial charge on any atom is 0.159 e. The Labute approximate surface area is 147 Å². The van der Waals surface area contributed by atoms with Gasteiger partial charge in [0.25, 0.3) is 0 Å². The number of benzene rings is 2. The first-order chi connectivity index (χ1) is 12.0. The maximum atomic E-state index is 14.2. The van der Waals surface area contributed by atoms with Crippen LogP contribution >= 0.6 is 0 Å². The highest BCUT2D eigenvalue weighted by molar-refractivity contribution is 5.65. The fourth-order valence-corrected chi connectivity index (χ4v) is 2.91. The molecule has 0 amide bonds. The molecule has 1 unspecified atom stereocenters. The Morgan fingerprint density at radius 3 is 2.36 bits per heavy atom. The summed E-state index contributed by atoms with van der Waals surface area (Å²) in [4.78, 5) is 0. The summed E-state index contributed by atoms with van der Waals surface area (Å²) in [6.45, 7) is 5.00. The minimum Gasteiger partial charge on any atom is -0.493 e. The molecular formula is C21H25F3O. The van der Waals surface area contributed by atoms with Gasteiger partial charge in [0.05, 0.1) is 6.61 Å². The van der Waals surface area contributed by atoms with E-state index in [1.54, 1.807) is 6.07 Å². The van der Waals surface area contributed by atoms with Gasteiger partial charge < -0.3 is 4.74 Å². The van der Waals surface area contributed by atoms with Crippen molar-refractivity contribution >= 4 is 0 Å². The van der Waals surface area contributed by atoms with E-state index in [2.05, 4.69) is 13.8 Å². The lowest BCUT2D eigenvalue weighted by molar-refractivity contribution is 0.297. The Kier molecular flexibility index (Phi) is 7.35. The average Bonchev–Trinajstić information content (AvgIpc) is 2.57. The van der Waals surface area contributed by atoms with Crippen LogP contribution in [0.5, 0.6) is 5.75 Å². The van der Waals surface area contributed by atoms with Crippen LogP contribution in [0, 0.1) is 23.4 Å². The molecule has 4 heteroatoms. The van der Waals surface area contributed by atoms with Crippen molar-refractivity contribution in [1.82, 2.24) is 0 Å². The zero-order chi connectivity index (χ0) is 18.2. The van der Waals surface area contributed by atoms with Crippen molar-refractivity contribution < 1.29 is 17.9 Å². The van der Waals surface area contributed by atoms with E-state index in [0.717, 1.165) is 30.9 Å². The summed E-state index contributed by atoms with van der Waals surface area (Å²) in [5, 5.41) is 0. The Balaban J connectivity index is 1.88. The monoisotopic (exact) mass is 350 g/mol. The maximum absolute atomic E-state index is 14.2. The summed E-state index contributed by atoms with van der Waals surface area (Å²) in [6.07, 6.45) is 5.66. The van der Waals surface area contributed by atoms with Gasteiger partial charge in [-0.05, 0) is 48.6 Å². The lowest BCUT2D eigenvalue weighted by atomic mass is 9.99. The fourth-order valence-electron chi connectivity index (χ4n) is 2.91. The molecule has 136 valence electrons. The highest BCUT2D eigenvalue weighted by Gasteiger charge is 2.10. The molecule has 2 aromatic rings. The van der Waals surface area contributed by atoms with Crippen LogP contribution < -0.4 is 4.74 Å². The van der Waals surface area contributed by atoms with E-state index in [-0.39, 0.29) is 5.56 Å². The third kappa shape index (κ3) is 5.80. The van der Waals surface area contributed by atoms with E-state index in [9.17, 15) is 13.2 Å². The summed E-state index contributed by atoms with van der Waals surface area (Å²) in [5.41, 5.74) is 0.521. The number of unbranched alkanes of at least 4 members (excludes halogenated alkanes) is 1. The topological polar surface area (TPSA) is 9.23 Å². The molecule has 25 heavy (non-hydrogen) atoms. The molecule has 0 saturated heterocycles. The molecule has 0 aromatic heterocycles. The summed E-state index contributed by atoms with van der Waals surface area (Å²) in [5.74, 6) is -1.27. The molecular weight excluding hydrogens is 325 g/mol. The smallest absolute Gasteiger partial charge is 0.159 e. The van der Waals surface area contributed by atoms with Gasteiger partial charge in [-0.15, -0.1) is 0 Å². The van der Waals surface area contributed by atoms with Gasteiger partial charge in [0.15, 0.2) is 11.6 Å². The molecule has 0 fully saturated rings. The second kappa shape index (κ2) is 9.50. The van der Waals surface area contributed by atoms with Crippen LogP contribution in [-0.4, -0.2) is 6.61 Å². The quantitative estimate of drug-likeness (QED) is 0.454. The minimum absolute atomic E-state index is 0.222. The van der Waals surface area contributed by atoms with E-state index in [4.69, 9.17) is 4.74 Å². The van der Waals surface area contributed by atoms with Crippen LogP contribution in [0.1, 0.15) is 46.0 Å². The number of rotatable bonds is 9. The normalized spacial score (nSPS) is 12.2. The first-order valence-electron chi connectivity index (χ1n) is 8.89. The number of hydrogen-bond donors (Lipinski definition) is 0. The Morgan fingerprint density at radius 1 is 0.880 bits per heavy atom. The number of ether oxygens (including phenoxy) is 1. The van der Waals surface area contributed by atoms with Gasteiger partial charge in [0, 0.05) is 11.6 Å². The van der Waals surface area contributed by atoms with Crippen molar-refractivity contribution in [3.63, 3.8) is 0 Å². The van der Waals surface area contributed by atoms with Crippen LogP contribution in [0.15, 0.2) is 36.4 Å². The predicted molar refractivity (Wildman–Crippen MR) is 95.2 cm³/mol. The minimum atomic E-state index is -0.991. The first kappa shape index (κ1) is 19.4. The van der Waals surface area contributed by atoms with Gasteiger partial charge in [-0.1, -0.05) is 39.2 Å².